The van der Waals surface area contributed by atoms with Gasteiger partial charge in [0.1, 0.15) is 11.7 Å². The molecule has 6 heteroatoms. The number of carbonyl (C=O) groups excluding carboxylic acids is 1. The number of nitrogens with one attached hydrogen (secondary N) is 1. The topological polar surface area (TPSA) is 84.9 Å². The van der Waals surface area contributed by atoms with Gasteiger partial charge in [-0.15, -0.1) is 6.58 Å². The van der Waals surface area contributed by atoms with Crippen LogP contribution < -0.4 is 5.32 Å². The number of ether oxygens (including phenoxy) is 2. The zero-order valence-electron chi connectivity index (χ0n) is 13.6. The Labute approximate surface area is 136 Å². The quantitative estimate of drug-likeness (QED) is 0.754. The minimum atomic E-state index is -1.29. The predicted molar refractivity (Wildman–Crippen MR) is 86.0 cm³/mol. The third-order valence-electron chi connectivity index (χ3n) is 2.78. The van der Waals surface area contributed by atoms with E-state index in [4.69, 9.17) is 9.47 Å². The molecule has 1 rings (SSSR count). The largest absolute Gasteiger partial charge is 0.480 e. The van der Waals surface area contributed by atoms with Crippen molar-refractivity contribution in [2.45, 2.75) is 45.1 Å². The molecule has 1 amide bonds. The van der Waals surface area contributed by atoms with Crippen molar-refractivity contribution in [3.8, 4) is 0 Å². The lowest BCUT2D eigenvalue weighted by atomic mass is 10.1. The minimum Gasteiger partial charge on any atom is -0.480 e. The molecule has 2 atom stereocenters. The van der Waals surface area contributed by atoms with Crippen LogP contribution in [0.2, 0.25) is 0 Å². The number of aliphatic carboxylic acids is 1. The van der Waals surface area contributed by atoms with Gasteiger partial charge < -0.3 is 19.9 Å². The third kappa shape index (κ3) is 6.97. The maximum absolute atomic E-state index is 11.8. The molecule has 6 nitrogen and oxygen atoms in total. The molecule has 2 unspecified atom stereocenters. The second-order valence-corrected chi connectivity index (χ2v) is 5.96. The molecule has 0 fully saturated rings. The Hall–Kier alpha value is -2.34. The average Bonchev–Trinajstić information content (AvgIpc) is 2.45. The van der Waals surface area contributed by atoms with Crippen LogP contribution >= 0.6 is 0 Å². The molecule has 0 aliphatic heterocycles. The van der Waals surface area contributed by atoms with Crippen molar-refractivity contribution in [1.82, 2.24) is 5.32 Å². The molecule has 0 aliphatic carbocycles. The summed E-state index contributed by atoms with van der Waals surface area (Å²) in [5, 5.41) is 11.6. The van der Waals surface area contributed by atoms with Gasteiger partial charge in [0.25, 0.3) is 0 Å². The maximum Gasteiger partial charge on any atom is 0.408 e. The Morgan fingerprint density at radius 2 is 1.91 bits per heavy atom. The Morgan fingerprint density at radius 1 is 1.30 bits per heavy atom. The van der Waals surface area contributed by atoms with E-state index in [9.17, 15) is 14.7 Å². The van der Waals surface area contributed by atoms with E-state index in [0.29, 0.717) is 0 Å². The molecular formula is C17H23NO5. The van der Waals surface area contributed by atoms with E-state index in [0.717, 1.165) is 5.56 Å². The summed E-state index contributed by atoms with van der Waals surface area (Å²) in [6.45, 7) is 8.86. The van der Waals surface area contributed by atoms with E-state index >= 15 is 0 Å². The molecule has 1 aromatic rings. The van der Waals surface area contributed by atoms with Crippen LogP contribution in [0.15, 0.2) is 43.0 Å². The first-order valence-corrected chi connectivity index (χ1v) is 7.23. The monoisotopic (exact) mass is 321 g/mol. The van der Waals surface area contributed by atoms with Crippen LogP contribution in [0.3, 0.4) is 0 Å². The van der Waals surface area contributed by atoms with Crippen molar-refractivity contribution in [1.29, 1.82) is 0 Å². The molecule has 1 aromatic carbocycles. The highest BCUT2D eigenvalue weighted by Gasteiger charge is 2.30. The fourth-order valence-corrected chi connectivity index (χ4v) is 1.79. The summed E-state index contributed by atoms with van der Waals surface area (Å²) < 4.78 is 10.6. The van der Waals surface area contributed by atoms with E-state index in [-0.39, 0.29) is 6.61 Å². The van der Waals surface area contributed by atoms with Crippen LogP contribution in [-0.2, 0) is 20.9 Å². The van der Waals surface area contributed by atoms with Crippen molar-refractivity contribution in [2.75, 3.05) is 0 Å². The van der Waals surface area contributed by atoms with Crippen LogP contribution in [0.4, 0.5) is 4.79 Å². The number of carboxylic acid groups (broad SMARTS) is 1. The van der Waals surface area contributed by atoms with Crippen LogP contribution in [0.5, 0.6) is 0 Å². The summed E-state index contributed by atoms with van der Waals surface area (Å²) in [4.78, 5) is 23.2. The number of hydrogen-bond acceptors (Lipinski definition) is 4. The van der Waals surface area contributed by atoms with E-state index < -0.39 is 29.8 Å². The van der Waals surface area contributed by atoms with Crippen molar-refractivity contribution < 1.29 is 24.2 Å². The van der Waals surface area contributed by atoms with Crippen LogP contribution in [0.1, 0.15) is 26.3 Å². The Balaban J connectivity index is 2.70. The number of hydrogen-bond donors (Lipinski definition) is 2. The lowest BCUT2D eigenvalue weighted by Crippen LogP contribution is -2.50. The number of benzene rings is 1. The number of carboxylic acids is 1. The Bertz CT molecular complexity index is 536. The smallest absolute Gasteiger partial charge is 0.408 e. The standard InChI is InChI=1S/C17H23NO5/c1-5-13(22-11-12-9-7-6-8-10-12)14(15(19)20)18-16(21)23-17(2,3)4/h5-10,13-14H,1,11H2,2-4H3,(H,18,21)(H,19,20). The molecule has 0 saturated heterocycles. The van der Waals surface area contributed by atoms with E-state index in [1.54, 1.807) is 20.8 Å². The molecule has 0 bridgehead atoms. The Morgan fingerprint density at radius 3 is 2.39 bits per heavy atom. The number of carbonyl (C=O) groups is 2. The normalized spacial score (nSPS) is 13.7. The van der Waals surface area contributed by atoms with Gasteiger partial charge in [-0.1, -0.05) is 36.4 Å². The second-order valence-electron chi connectivity index (χ2n) is 5.96. The van der Waals surface area contributed by atoms with Crippen molar-refractivity contribution in [3.63, 3.8) is 0 Å². The molecule has 0 spiro atoms. The number of amides is 1. The minimum absolute atomic E-state index is 0.206. The summed E-state index contributed by atoms with van der Waals surface area (Å²) in [6.07, 6.45) is -0.362. The maximum atomic E-state index is 11.8. The molecule has 126 valence electrons. The second kappa shape index (κ2) is 8.33. The van der Waals surface area contributed by atoms with Gasteiger partial charge in [0, 0.05) is 0 Å². The highest BCUT2D eigenvalue weighted by Crippen LogP contribution is 2.10. The Kier molecular flexibility index (Phi) is 6.78. The molecule has 2 N–H and O–H groups in total. The lowest BCUT2D eigenvalue weighted by Gasteiger charge is -2.25. The molecule has 0 saturated carbocycles. The number of alkyl carbamates (subject to hydrolysis) is 1. The van der Waals surface area contributed by atoms with Crippen LogP contribution in [-0.4, -0.2) is 34.9 Å². The third-order valence-corrected chi connectivity index (χ3v) is 2.78. The zero-order valence-corrected chi connectivity index (χ0v) is 13.6. The van der Waals surface area contributed by atoms with Crippen molar-refractivity contribution in [3.05, 3.63) is 48.6 Å². The van der Waals surface area contributed by atoms with Gasteiger partial charge in [0.05, 0.1) is 6.61 Å². The lowest BCUT2D eigenvalue weighted by molar-refractivity contribution is -0.143. The van der Waals surface area contributed by atoms with Gasteiger partial charge in [0.15, 0.2) is 6.04 Å². The van der Waals surface area contributed by atoms with Gasteiger partial charge in [-0.2, -0.15) is 0 Å². The van der Waals surface area contributed by atoms with Crippen LogP contribution in [0, 0.1) is 0 Å². The summed E-state index contributed by atoms with van der Waals surface area (Å²) in [7, 11) is 0. The molecule has 0 radical (unpaired) electrons. The highest BCUT2D eigenvalue weighted by molar-refractivity contribution is 5.81. The van der Waals surface area contributed by atoms with Gasteiger partial charge >= 0.3 is 12.1 Å². The molecular weight excluding hydrogens is 298 g/mol. The van der Waals surface area contributed by atoms with Crippen molar-refractivity contribution in [2.24, 2.45) is 0 Å². The van der Waals surface area contributed by atoms with Crippen LogP contribution in [0.25, 0.3) is 0 Å². The molecule has 23 heavy (non-hydrogen) atoms. The first-order valence-electron chi connectivity index (χ1n) is 7.23. The van der Waals surface area contributed by atoms with Gasteiger partial charge in [0.2, 0.25) is 0 Å². The first-order chi connectivity index (χ1) is 10.7. The SMILES string of the molecule is C=CC(OCc1ccccc1)C(NC(=O)OC(C)(C)C)C(=O)O. The summed E-state index contributed by atoms with van der Waals surface area (Å²) >= 11 is 0. The predicted octanol–water partition coefficient (Wildman–Crippen LogP) is 2.74. The fourth-order valence-electron chi connectivity index (χ4n) is 1.79. The first kappa shape index (κ1) is 18.7. The molecule has 0 heterocycles. The van der Waals surface area contributed by atoms with Gasteiger partial charge in [-0.25, -0.2) is 9.59 Å². The molecule has 0 aliphatic rings. The molecule has 0 aromatic heterocycles. The fraction of sp³-hybridized carbons (Fsp3) is 0.412. The van der Waals surface area contributed by atoms with Crippen molar-refractivity contribution >= 4 is 12.1 Å². The zero-order chi connectivity index (χ0) is 17.5. The van der Waals surface area contributed by atoms with E-state index in [1.807, 2.05) is 30.3 Å². The van der Waals surface area contributed by atoms with Gasteiger partial charge in [-0.3, -0.25) is 0 Å². The highest BCUT2D eigenvalue weighted by atomic mass is 16.6. The summed E-state index contributed by atoms with van der Waals surface area (Å²) in [6, 6.07) is 8.02. The number of rotatable bonds is 7. The van der Waals surface area contributed by atoms with Gasteiger partial charge in [-0.05, 0) is 26.3 Å². The summed E-state index contributed by atoms with van der Waals surface area (Å²) in [5.41, 5.74) is 0.169. The van der Waals surface area contributed by atoms with E-state index in [2.05, 4.69) is 11.9 Å². The van der Waals surface area contributed by atoms with E-state index in [1.165, 1.54) is 6.08 Å². The summed E-state index contributed by atoms with van der Waals surface area (Å²) in [5.74, 6) is -1.23. The average molecular weight is 321 g/mol.